The highest BCUT2D eigenvalue weighted by atomic mass is 19.1. The molecule has 0 aliphatic carbocycles. The van der Waals surface area contributed by atoms with Crippen molar-refractivity contribution in [1.82, 2.24) is 10.2 Å². The first kappa shape index (κ1) is 17.8. The molecule has 1 aliphatic rings. The van der Waals surface area contributed by atoms with E-state index in [1.807, 2.05) is 18.2 Å². The van der Waals surface area contributed by atoms with Gasteiger partial charge in [0.05, 0.1) is 6.61 Å². The molecule has 136 valence electrons. The van der Waals surface area contributed by atoms with E-state index in [4.69, 9.17) is 4.74 Å². The second kappa shape index (κ2) is 7.11. The van der Waals surface area contributed by atoms with Crippen LogP contribution in [0.2, 0.25) is 0 Å². The molecule has 0 saturated carbocycles. The lowest BCUT2D eigenvalue weighted by Crippen LogP contribution is -2.42. The number of imide groups is 1. The van der Waals surface area contributed by atoms with Gasteiger partial charge in [0.15, 0.2) is 0 Å². The number of urea groups is 1. The van der Waals surface area contributed by atoms with Crippen LogP contribution in [0.5, 0.6) is 5.75 Å². The van der Waals surface area contributed by atoms with Gasteiger partial charge in [0.1, 0.15) is 22.9 Å². The van der Waals surface area contributed by atoms with Crippen molar-refractivity contribution in [2.24, 2.45) is 0 Å². The number of nitrogens with one attached hydrogen (secondary N) is 1. The fraction of sp³-hybridized carbons (Fsp3) is 0.263. The molecule has 0 bridgehead atoms. The molecule has 1 saturated heterocycles. The number of nitrogens with zero attached hydrogens (tertiary/aromatic N) is 1. The molecule has 1 N–H and O–H groups in total. The van der Waals surface area contributed by atoms with Gasteiger partial charge in [-0.15, -0.1) is 0 Å². The minimum absolute atomic E-state index is 0.115. The minimum atomic E-state index is -1.64. The molecule has 5 nitrogen and oxygen atoms in total. The Morgan fingerprint density at radius 2 is 1.85 bits per heavy atom. The largest absolute Gasteiger partial charge is 0.494 e. The number of hydrogen-bond donors (Lipinski definition) is 1. The van der Waals surface area contributed by atoms with Crippen LogP contribution < -0.4 is 10.1 Å². The van der Waals surface area contributed by atoms with Crippen LogP contribution in [-0.4, -0.2) is 30.0 Å². The first-order valence-electron chi connectivity index (χ1n) is 8.19. The van der Waals surface area contributed by atoms with Crippen molar-refractivity contribution in [2.75, 3.05) is 13.2 Å². The van der Waals surface area contributed by atoms with E-state index < -0.39 is 29.1 Å². The van der Waals surface area contributed by atoms with Crippen molar-refractivity contribution in [3.05, 3.63) is 65.7 Å². The minimum Gasteiger partial charge on any atom is -0.494 e. The lowest BCUT2D eigenvalue weighted by atomic mass is 9.91. The van der Waals surface area contributed by atoms with Gasteiger partial charge in [-0.2, -0.15) is 0 Å². The zero-order chi connectivity index (χ0) is 18.7. The summed E-state index contributed by atoms with van der Waals surface area (Å²) in [5.41, 5.74) is -1.83. The highest BCUT2D eigenvalue weighted by Crippen LogP contribution is 2.31. The summed E-state index contributed by atoms with van der Waals surface area (Å²) in [7, 11) is 0. The quantitative estimate of drug-likeness (QED) is 0.636. The van der Waals surface area contributed by atoms with E-state index >= 15 is 0 Å². The maximum atomic E-state index is 14.1. The highest BCUT2D eigenvalue weighted by Gasteiger charge is 2.50. The monoisotopic (exact) mass is 360 g/mol. The van der Waals surface area contributed by atoms with E-state index in [1.54, 1.807) is 12.1 Å². The summed E-state index contributed by atoms with van der Waals surface area (Å²) in [5, 5.41) is 2.46. The Balaban J connectivity index is 1.66. The molecule has 0 spiro atoms. The molecule has 3 amide bonds. The van der Waals surface area contributed by atoms with Crippen molar-refractivity contribution in [1.29, 1.82) is 0 Å². The van der Waals surface area contributed by atoms with Gasteiger partial charge in [0.25, 0.3) is 5.91 Å². The number of rotatable bonds is 6. The highest BCUT2D eigenvalue weighted by molar-refractivity contribution is 6.07. The number of carbonyl (C=O) groups excluding carboxylic acids is 2. The second-order valence-electron chi connectivity index (χ2n) is 6.15. The Labute approximate surface area is 149 Å². The van der Waals surface area contributed by atoms with Crippen LogP contribution in [-0.2, 0) is 10.3 Å². The number of carbonyl (C=O) groups is 2. The Kier molecular flexibility index (Phi) is 4.88. The van der Waals surface area contributed by atoms with Crippen LogP contribution in [0.4, 0.5) is 13.6 Å². The van der Waals surface area contributed by atoms with Gasteiger partial charge in [0, 0.05) is 12.1 Å². The summed E-state index contributed by atoms with van der Waals surface area (Å²) in [6.07, 6.45) is 0.412. The summed E-state index contributed by atoms with van der Waals surface area (Å²) in [4.78, 5) is 25.8. The van der Waals surface area contributed by atoms with Gasteiger partial charge in [-0.05, 0) is 43.7 Å². The number of amides is 3. The van der Waals surface area contributed by atoms with E-state index in [-0.39, 0.29) is 12.1 Å². The van der Waals surface area contributed by atoms with Gasteiger partial charge in [-0.1, -0.05) is 18.2 Å². The van der Waals surface area contributed by atoms with Crippen LogP contribution in [0.3, 0.4) is 0 Å². The maximum Gasteiger partial charge on any atom is 0.325 e. The summed E-state index contributed by atoms with van der Waals surface area (Å²) in [6, 6.07) is 11.3. The topological polar surface area (TPSA) is 58.6 Å². The third-order valence-corrected chi connectivity index (χ3v) is 4.28. The molecule has 26 heavy (non-hydrogen) atoms. The van der Waals surface area contributed by atoms with Crippen molar-refractivity contribution in [3.63, 3.8) is 0 Å². The fourth-order valence-corrected chi connectivity index (χ4v) is 2.89. The average molecular weight is 360 g/mol. The molecule has 1 aliphatic heterocycles. The third-order valence-electron chi connectivity index (χ3n) is 4.28. The lowest BCUT2D eigenvalue weighted by molar-refractivity contribution is -0.131. The van der Waals surface area contributed by atoms with Crippen LogP contribution in [0.25, 0.3) is 0 Å². The van der Waals surface area contributed by atoms with Crippen LogP contribution >= 0.6 is 0 Å². The molecular formula is C19H18F2N2O3. The summed E-state index contributed by atoms with van der Waals surface area (Å²) < 4.78 is 33.1. The summed E-state index contributed by atoms with van der Waals surface area (Å²) in [5.74, 6) is -1.36. The molecule has 1 atom stereocenters. The van der Waals surface area contributed by atoms with Gasteiger partial charge in [-0.3, -0.25) is 9.69 Å². The molecule has 0 radical (unpaired) electrons. The van der Waals surface area contributed by atoms with Crippen molar-refractivity contribution >= 4 is 11.9 Å². The molecule has 1 fully saturated rings. The normalized spacial score (nSPS) is 19.6. The molecule has 1 unspecified atom stereocenters. The molecular weight excluding hydrogens is 342 g/mol. The van der Waals surface area contributed by atoms with Gasteiger partial charge < -0.3 is 10.1 Å². The first-order valence-corrected chi connectivity index (χ1v) is 8.19. The number of ether oxygens (including phenoxy) is 1. The summed E-state index contributed by atoms with van der Waals surface area (Å²) in [6.45, 7) is 1.79. The zero-order valence-corrected chi connectivity index (χ0v) is 14.2. The molecule has 2 aromatic rings. The Bertz CT molecular complexity index is 829. The number of para-hydroxylation sites is 1. The molecule has 0 aromatic heterocycles. The van der Waals surface area contributed by atoms with Crippen LogP contribution in [0.15, 0.2) is 48.5 Å². The van der Waals surface area contributed by atoms with E-state index in [9.17, 15) is 18.4 Å². The SMILES string of the molecule is CC1(c2cc(F)ccc2F)NC(=O)N(CCCOc2ccccc2)C1=O. The second-order valence-corrected chi connectivity index (χ2v) is 6.15. The molecule has 1 heterocycles. The average Bonchev–Trinajstić information content (AvgIpc) is 2.85. The zero-order valence-electron chi connectivity index (χ0n) is 14.2. The molecule has 2 aromatic carbocycles. The third kappa shape index (κ3) is 3.37. The number of hydrogen-bond acceptors (Lipinski definition) is 3. The Morgan fingerprint density at radius 3 is 2.58 bits per heavy atom. The Hall–Kier alpha value is -2.96. The molecule has 3 rings (SSSR count). The van der Waals surface area contributed by atoms with Crippen LogP contribution in [0.1, 0.15) is 18.9 Å². The lowest BCUT2D eigenvalue weighted by Gasteiger charge is -2.22. The van der Waals surface area contributed by atoms with E-state index in [0.717, 1.165) is 23.1 Å². The van der Waals surface area contributed by atoms with Crippen molar-refractivity contribution in [2.45, 2.75) is 18.9 Å². The number of halogens is 2. The van der Waals surface area contributed by atoms with Gasteiger partial charge in [0.2, 0.25) is 0 Å². The summed E-state index contributed by atoms with van der Waals surface area (Å²) >= 11 is 0. The van der Waals surface area contributed by atoms with E-state index in [1.165, 1.54) is 6.92 Å². The standard InChI is InChI=1S/C19H18F2N2O3/c1-19(15-12-13(20)8-9-16(15)21)17(24)23(18(25)22-19)10-5-11-26-14-6-3-2-4-7-14/h2-4,6-9,12H,5,10-11H2,1H3,(H,22,25). The number of benzene rings is 2. The van der Waals surface area contributed by atoms with E-state index in [2.05, 4.69) is 5.32 Å². The van der Waals surface area contributed by atoms with Gasteiger partial charge in [-0.25, -0.2) is 13.6 Å². The van der Waals surface area contributed by atoms with Crippen molar-refractivity contribution in [3.8, 4) is 5.75 Å². The first-order chi connectivity index (χ1) is 12.4. The predicted octanol–water partition coefficient (Wildman–Crippen LogP) is 3.20. The maximum absolute atomic E-state index is 14.1. The van der Waals surface area contributed by atoms with Crippen LogP contribution in [0, 0.1) is 11.6 Å². The predicted molar refractivity (Wildman–Crippen MR) is 90.5 cm³/mol. The fourth-order valence-electron chi connectivity index (χ4n) is 2.89. The Morgan fingerprint density at radius 1 is 1.12 bits per heavy atom. The molecule has 7 heteroatoms. The smallest absolute Gasteiger partial charge is 0.325 e. The van der Waals surface area contributed by atoms with E-state index in [0.29, 0.717) is 18.8 Å². The van der Waals surface area contributed by atoms with Crippen molar-refractivity contribution < 1.29 is 23.1 Å². The van der Waals surface area contributed by atoms with Gasteiger partial charge >= 0.3 is 6.03 Å².